The van der Waals surface area contributed by atoms with Gasteiger partial charge in [0.2, 0.25) is 0 Å². The summed E-state index contributed by atoms with van der Waals surface area (Å²) in [5.41, 5.74) is 2.75. The monoisotopic (exact) mass is 181 g/mol. The molecule has 0 aromatic rings. The van der Waals surface area contributed by atoms with E-state index in [9.17, 15) is 0 Å². The second-order valence-corrected chi connectivity index (χ2v) is 3.24. The number of fused-ring (bicyclic) bond motifs is 1. The largest absolute Gasteiger partial charge is 0.373 e. The van der Waals surface area contributed by atoms with Crippen LogP contribution in [0.15, 0.2) is 23.9 Å². The highest BCUT2D eigenvalue weighted by Crippen LogP contribution is 2.29. The van der Waals surface area contributed by atoms with Crippen molar-refractivity contribution in [1.29, 1.82) is 0 Å². The number of nitrogens with one attached hydrogen (secondary N) is 1. The first-order valence-corrected chi connectivity index (χ1v) is 4.59. The topological polar surface area (TPSA) is 21.3 Å². The van der Waals surface area contributed by atoms with Gasteiger partial charge in [-0.25, -0.2) is 0 Å². The highest BCUT2D eigenvalue weighted by atomic mass is 32.1. The van der Waals surface area contributed by atoms with Gasteiger partial charge in [-0.05, 0) is 12.5 Å². The maximum absolute atomic E-state index is 5.52. The zero-order chi connectivity index (χ0) is 8.39. The van der Waals surface area contributed by atoms with Crippen molar-refractivity contribution < 1.29 is 4.74 Å². The van der Waals surface area contributed by atoms with E-state index in [4.69, 9.17) is 17.0 Å². The van der Waals surface area contributed by atoms with Crippen LogP contribution in [0, 0.1) is 5.92 Å². The molecule has 0 radical (unpaired) electrons. The molecule has 0 saturated carbocycles. The van der Waals surface area contributed by atoms with Crippen molar-refractivity contribution >= 4 is 17.7 Å². The lowest BCUT2D eigenvalue weighted by molar-refractivity contribution is 0.132. The molecule has 0 aromatic heterocycles. The van der Waals surface area contributed by atoms with Crippen molar-refractivity contribution in [2.75, 3.05) is 6.61 Å². The smallest absolute Gasteiger partial charge is 0.0842 e. The Kier molecular flexibility index (Phi) is 2.23. The van der Waals surface area contributed by atoms with Crippen LogP contribution in [0.25, 0.3) is 0 Å². The SMILES string of the molecule is S=CNC1=CC=CC2OCCC12. The predicted octanol–water partition coefficient (Wildman–Crippen LogP) is 1.39. The summed E-state index contributed by atoms with van der Waals surface area (Å²) >= 11 is 4.75. The normalized spacial score (nSPS) is 32.5. The summed E-state index contributed by atoms with van der Waals surface area (Å²) in [7, 11) is 0. The summed E-state index contributed by atoms with van der Waals surface area (Å²) in [5.74, 6) is 0.495. The van der Waals surface area contributed by atoms with E-state index in [1.54, 1.807) is 5.49 Å². The minimum Gasteiger partial charge on any atom is -0.373 e. The molecule has 1 aliphatic carbocycles. The number of hydrogen-bond acceptors (Lipinski definition) is 2. The van der Waals surface area contributed by atoms with E-state index < -0.39 is 0 Å². The summed E-state index contributed by atoms with van der Waals surface area (Å²) in [5, 5.41) is 3.08. The third-order valence-corrected chi connectivity index (χ3v) is 2.46. The molecule has 3 heteroatoms. The fourth-order valence-electron chi connectivity index (χ4n) is 1.75. The number of hydrogen-bond donors (Lipinski definition) is 1. The molecule has 1 saturated heterocycles. The fourth-order valence-corrected chi connectivity index (χ4v) is 1.89. The van der Waals surface area contributed by atoms with Crippen LogP contribution in [0.1, 0.15) is 6.42 Å². The fraction of sp³-hybridized carbons (Fsp3) is 0.444. The number of allylic oxidation sites excluding steroid dienone is 2. The van der Waals surface area contributed by atoms with Crippen molar-refractivity contribution in [2.24, 2.45) is 5.92 Å². The average molecular weight is 181 g/mol. The predicted molar refractivity (Wildman–Crippen MR) is 51.9 cm³/mol. The van der Waals surface area contributed by atoms with Gasteiger partial charge < -0.3 is 10.1 Å². The first-order chi connectivity index (χ1) is 5.92. The number of thiocarbonyl (C=S) groups is 1. The van der Waals surface area contributed by atoms with Crippen LogP contribution < -0.4 is 5.32 Å². The molecule has 2 aliphatic rings. The highest BCUT2D eigenvalue weighted by molar-refractivity contribution is 7.78. The maximum atomic E-state index is 5.52. The minimum atomic E-state index is 0.271. The van der Waals surface area contributed by atoms with E-state index in [2.05, 4.69) is 17.5 Å². The molecule has 0 aromatic carbocycles. The second kappa shape index (κ2) is 3.37. The van der Waals surface area contributed by atoms with Gasteiger partial charge in [-0.15, -0.1) is 0 Å². The first kappa shape index (κ1) is 7.95. The summed E-state index contributed by atoms with van der Waals surface area (Å²) in [6, 6.07) is 0. The zero-order valence-corrected chi connectivity index (χ0v) is 7.51. The molecular formula is C9H11NOS. The molecule has 2 rings (SSSR count). The van der Waals surface area contributed by atoms with Crippen LogP contribution in [0.2, 0.25) is 0 Å². The molecule has 2 atom stereocenters. The molecule has 0 bridgehead atoms. The Morgan fingerprint density at radius 1 is 1.67 bits per heavy atom. The Bertz CT molecular complexity index is 247. The van der Waals surface area contributed by atoms with Gasteiger partial charge in [-0.1, -0.05) is 24.4 Å². The Balaban J connectivity index is 2.15. The van der Waals surface area contributed by atoms with Gasteiger partial charge in [-0.2, -0.15) is 0 Å². The quantitative estimate of drug-likeness (QED) is 0.650. The van der Waals surface area contributed by atoms with E-state index in [0.29, 0.717) is 5.92 Å². The van der Waals surface area contributed by atoms with Gasteiger partial charge in [0.15, 0.2) is 0 Å². The van der Waals surface area contributed by atoms with E-state index in [0.717, 1.165) is 13.0 Å². The van der Waals surface area contributed by atoms with E-state index >= 15 is 0 Å². The third kappa shape index (κ3) is 1.30. The Morgan fingerprint density at radius 2 is 2.58 bits per heavy atom. The van der Waals surface area contributed by atoms with Crippen LogP contribution in [-0.2, 0) is 4.74 Å². The lowest BCUT2D eigenvalue weighted by Gasteiger charge is -2.21. The van der Waals surface area contributed by atoms with Crippen LogP contribution in [-0.4, -0.2) is 18.2 Å². The van der Waals surface area contributed by atoms with Gasteiger partial charge >= 0.3 is 0 Å². The molecule has 0 spiro atoms. The molecule has 2 nitrogen and oxygen atoms in total. The van der Waals surface area contributed by atoms with E-state index in [1.165, 1.54) is 5.70 Å². The van der Waals surface area contributed by atoms with Crippen LogP contribution in [0.5, 0.6) is 0 Å². The summed E-state index contributed by atoms with van der Waals surface area (Å²) < 4.78 is 5.52. The maximum Gasteiger partial charge on any atom is 0.0842 e. The molecule has 1 N–H and O–H groups in total. The summed E-state index contributed by atoms with van der Waals surface area (Å²) in [4.78, 5) is 0. The van der Waals surface area contributed by atoms with E-state index in [1.807, 2.05) is 6.08 Å². The Morgan fingerprint density at radius 3 is 3.42 bits per heavy atom. The molecule has 2 unspecified atom stereocenters. The van der Waals surface area contributed by atoms with Crippen molar-refractivity contribution in [2.45, 2.75) is 12.5 Å². The molecular weight excluding hydrogens is 170 g/mol. The van der Waals surface area contributed by atoms with Crippen LogP contribution >= 0.6 is 12.2 Å². The van der Waals surface area contributed by atoms with Crippen molar-refractivity contribution in [3.05, 3.63) is 23.9 Å². The van der Waals surface area contributed by atoms with Gasteiger partial charge in [0, 0.05) is 18.2 Å². The van der Waals surface area contributed by atoms with Crippen molar-refractivity contribution in [3.8, 4) is 0 Å². The third-order valence-electron chi connectivity index (χ3n) is 2.34. The summed E-state index contributed by atoms with van der Waals surface area (Å²) in [6.07, 6.45) is 7.56. The van der Waals surface area contributed by atoms with Crippen molar-refractivity contribution in [1.82, 2.24) is 5.32 Å². The van der Waals surface area contributed by atoms with Gasteiger partial charge in [0.1, 0.15) is 0 Å². The highest BCUT2D eigenvalue weighted by Gasteiger charge is 2.30. The first-order valence-electron chi connectivity index (χ1n) is 4.12. The van der Waals surface area contributed by atoms with Gasteiger partial charge in [0.25, 0.3) is 0 Å². The standard InChI is InChI=1S/C9H11NOS/c12-6-10-8-2-1-3-9-7(8)4-5-11-9/h1-3,6-7,9H,4-5H2,(H,10,12). The molecule has 64 valence electrons. The van der Waals surface area contributed by atoms with Crippen molar-refractivity contribution in [3.63, 3.8) is 0 Å². The molecule has 1 aliphatic heterocycles. The minimum absolute atomic E-state index is 0.271. The Hall–Kier alpha value is -0.670. The van der Waals surface area contributed by atoms with Crippen LogP contribution in [0.3, 0.4) is 0 Å². The summed E-state index contributed by atoms with van der Waals surface area (Å²) in [6.45, 7) is 0.857. The lowest BCUT2D eigenvalue weighted by atomic mass is 9.93. The zero-order valence-electron chi connectivity index (χ0n) is 6.69. The van der Waals surface area contributed by atoms with Gasteiger partial charge in [-0.3, -0.25) is 0 Å². The number of ether oxygens (including phenoxy) is 1. The lowest BCUT2D eigenvalue weighted by Crippen LogP contribution is -2.25. The molecule has 1 heterocycles. The van der Waals surface area contributed by atoms with Gasteiger partial charge in [0.05, 0.1) is 11.6 Å². The molecule has 12 heavy (non-hydrogen) atoms. The second-order valence-electron chi connectivity index (χ2n) is 3.00. The molecule has 0 amide bonds. The number of rotatable bonds is 2. The Labute approximate surface area is 77.3 Å². The average Bonchev–Trinajstić information content (AvgIpc) is 2.53. The molecule has 1 fully saturated rings. The van der Waals surface area contributed by atoms with E-state index in [-0.39, 0.29) is 6.10 Å². The van der Waals surface area contributed by atoms with Crippen LogP contribution in [0.4, 0.5) is 0 Å².